The molecule has 1 amide bonds. The number of likely N-dealkylation sites (tertiary alicyclic amines) is 1. The predicted octanol–water partition coefficient (Wildman–Crippen LogP) is 1.64. The zero-order chi connectivity index (χ0) is 18.5. The summed E-state index contributed by atoms with van der Waals surface area (Å²) in [5, 5.41) is 3.40. The summed E-state index contributed by atoms with van der Waals surface area (Å²) in [6, 6.07) is 7.73. The normalized spacial score (nSPS) is 20.8. The van der Waals surface area contributed by atoms with Gasteiger partial charge < -0.3 is 20.5 Å². The summed E-state index contributed by atoms with van der Waals surface area (Å²) in [6.45, 7) is 4.73. The van der Waals surface area contributed by atoms with Crippen LogP contribution in [0.2, 0.25) is 0 Å². The lowest BCUT2D eigenvalue weighted by Crippen LogP contribution is -2.48. The summed E-state index contributed by atoms with van der Waals surface area (Å²) >= 11 is 0. The molecule has 0 spiro atoms. The molecule has 1 aliphatic heterocycles. The Labute approximate surface area is 153 Å². The van der Waals surface area contributed by atoms with Gasteiger partial charge in [-0.25, -0.2) is 4.98 Å². The molecule has 7 nitrogen and oxygen atoms in total. The zero-order valence-corrected chi connectivity index (χ0v) is 15.3. The second-order valence-electron chi connectivity index (χ2n) is 6.75. The third-order valence-corrected chi connectivity index (χ3v) is 5.00. The van der Waals surface area contributed by atoms with E-state index in [1.807, 2.05) is 36.9 Å². The van der Waals surface area contributed by atoms with E-state index in [0.29, 0.717) is 24.1 Å². The van der Waals surface area contributed by atoms with Gasteiger partial charge in [-0.1, -0.05) is 19.1 Å². The summed E-state index contributed by atoms with van der Waals surface area (Å²) in [5.41, 5.74) is 6.88. The molecule has 3 rings (SSSR count). The first-order valence-corrected chi connectivity index (χ1v) is 8.90. The number of amides is 1. The number of rotatable bonds is 4. The first kappa shape index (κ1) is 18.0. The van der Waals surface area contributed by atoms with E-state index in [2.05, 4.69) is 31.7 Å². The van der Waals surface area contributed by atoms with Crippen LogP contribution in [0.15, 0.2) is 48.0 Å². The maximum Gasteiger partial charge on any atom is 0.248 e. The first-order valence-electron chi connectivity index (χ1n) is 8.90. The maximum atomic E-state index is 11.3. The molecule has 1 aromatic carbocycles. The van der Waals surface area contributed by atoms with E-state index in [1.165, 1.54) is 0 Å². The number of hydrogen-bond acceptors (Lipinski definition) is 3. The Balaban J connectivity index is 1.65. The second kappa shape index (κ2) is 8.03. The number of nitrogens with two attached hydrogens (primary N) is 1. The number of benzene rings is 1. The number of carbonyl (C=O) groups is 1. The summed E-state index contributed by atoms with van der Waals surface area (Å²) < 4.78 is 2.18. The molecular weight excluding hydrogens is 328 g/mol. The smallest absolute Gasteiger partial charge is 0.248 e. The highest BCUT2D eigenvalue weighted by atomic mass is 16.1. The Bertz CT molecular complexity index is 770. The second-order valence-corrected chi connectivity index (χ2v) is 6.75. The Morgan fingerprint density at radius 1 is 1.46 bits per heavy atom. The van der Waals surface area contributed by atoms with E-state index in [-0.39, 0.29) is 0 Å². The van der Waals surface area contributed by atoms with Crippen LogP contribution in [-0.4, -0.2) is 46.5 Å². The Morgan fingerprint density at radius 2 is 2.31 bits per heavy atom. The number of aromatic nitrogens is 2. The molecule has 7 heteroatoms. The number of nitrogens with one attached hydrogen (secondary N) is 1. The molecule has 2 aromatic rings. The van der Waals surface area contributed by atoms with Crippen molar-refractivity contribution >= 4 is 11.9 Å². The van der Waals surface area contributed by atoms with Gasteiger partial charge in [0, 0.05) is 44.6 Å². The van der Waals surface area contributed by atoms with Crippen LogP contribution in [0, 0.1) is 5.92 Å². The summed E-state index contributed by atoms with van der Waals surface area (Å²) in [6.07, 6.45) is 6.83. The van der Waals surface area contributed by atoms with Crippen molar-refractivity contribution in [3.8, 4) is 0 Å². The van der Waals surface area contributed by atoms with Crippen LogP contribution >= 0.6 is 0 Å². The van der Waals surface area contributed by atoms with Crippen molar-refractivity contribution in [2.24, 2.45) is 16.6 Å². The van der Waals surface area contributed by atoms with Gasteiger partial charge in [-0.2, -0.15) is 0 Å². The van der Waals surface area contributed by atoms with Crippen LogP contribution in [0.4, 0.5) is 0 Å². The molecule has 2 heterocycles. The lowest BCUT2D eigenvalue weighted by molar-refractivity contribution is 0.1000. The van der Waals surface area contributed by atoms with E-state index >= 15 is 0 Å². The molecule has 1 aromatic heterocycles. The highest BCUT2D eigenvalue weighted by Crippen LogP contribution is 2.27. The Kier molecular flexibility index (Phi) is 5.55. The maximum absolute atomic E-state index is 11.3. The van der Waals surface area contributed by atoms with Crippen LogP contribution in [0.25, 0.3) is 0 Å². The van der Waals surface area contributed by atoms with Crippen molar-refractivity contribution in [1.29, 1.82) is 0 Å². The van der Waals surface area contributed by atoms with Gasteiger partial charge in [-0.15, -0.1) is 0 Å². The van der Waals surface area contributed by atoms with Crippen molar-refractivity contribution in [2.75, 3.05) is 20.1 Å². The Hall–Kier alpha value is -2.83. The number of aliphatic imine (C=N–C) groups is 1. The minimum Gasteiger partial charge on any atom is -0.366 e. The van der Waals surface area contributed by atoms with Crippen molar-refractivity contribution in [1.82, 2.24) is 19.8 Å². The molecule has 1 saturated heterocycles. The van der Waals surface area contributed by atoms with E-state index in [4.69, 9.17) is 5.73 Å². The molecule has 2 unspecified atom stereocenters. The van der Waals surface area contributed by atoms with Crippen molar-refractivity contribution in [3.63, 3.8) is 0 Å². The first-order chi connectivity index (χ1) is 12.6. The van der Waals surface area contributed by atoms with Gasteiger partial charge in [0.25, 0.3) is 0 Å². The molecule has 0 radical (unpaired) electrons. The lowest BCUT2D eigenvalue weighted by Gasteiger charge is -2.39. The highest BCUT2D eigenvalue weighted by Gasteiger charge is 2.28. The average Bonchev–Trinajstić information content (AvgIpc) is 3.18. The van der Waals surface area contributed by atoms with Crippen LogP contribution in [0.1, 0.15) is 35.3 Å². The highest BCUT2D eigenvalue weighted by molar-refractivity contribution is 5.92. The van der Waals surface area contributed by atoms with Gasteiger partial charge in [0.2, 0.25) is 5.91 Å². The minimum absolute atomic E-state index is 0.378. The van der Waals surface area contributed by atoms with Crippen molar-refractivity contribution < 1.29 is 4.79 Å². The predicted molar refractivity (Wildman–Crippen MR) is 102 cm³/mol. The molecule has 2 atom stereocenters. The quantitative estimate of drug-likeness (QED) is 0.645. The van der Waals surface area contributed by atoms with E-state index < -0.39 is 5.91 Å². The van der Waals surface area contributed by atoms with E-state index in [0.717, 1.165) is 31.0 Å². The van der Waals surface area contributed by atoms with E-state index in [1.54, 1.807) is 13.1 Å². The summed E-state index contributed by atoms with van der Waals surface area (Å²) in [7, 11) is 1.80. The number of guanidine groups is 1. The number of primary amides is 1. The van der Waals surface area contributed by atoms with Gasteiger partial charge in [-0.3, -0.25) is 9.79 Å². The molecule has 0 bridgehead atoms. The largest absolute Gasteiger partial charge is 0.366 e. The topological polar surface area (TPSA) is 88.5 Å². The van der Waals surface area contributed by atoms with Gasteiger partial charge in [-0.05, 0) is 30.0 Å². The molecule has 0 saturated carbocycles. The number of piperidine rings is 1. The lowest BCUT2D eigenvalue weighted by atomic mass is 9.93. The average molecular weight is 354 g/mol. The van der Waals surface area contributed by atoms with Crippen LogP contribution in [0.5, 0.6) is 0 Å². The van der Waals surface area contributed by atoms with Crippen LogP contribution in [0.3, 0.4) is 0 Å². The third-order valence-electron chi connectivity index (χ3n) is 5.00. The van der Waals surface area contributed by atoms with Gasteiger partial charge >= 0.3 is 0 Å². The van der Waals surface area contributed by atoms with Gasteiger partial charge in [0.1, 0.15) is 0 Å². The number of hydrogen-bond donors (Lipinski definition) is 2. The summed E-state index contributed by atoms with van der Waals surface area (Å²) in [5.74, 6) is 1.04. The Morgan fingerprint density at radius 3 is 3.00 bits per heavy atom. The molecular formula is C19H26N6O. The SMILES string of the molecule is CN=C(NCc1cccc(C(N)=O)c1)N1CCC(C)C(n2ccnc2)C1. The fourth-order valence-electron chi connectivity index (χ4n) is 3.44. The fourth-order valence-corrected chi connectivity index (χ4v) is 3.44. The minimum atomic E-state index is -0.413. The molecule has 3 N–H and O–H groups in total. The molecule has 1 aliphatic rings. The summed E-state index contributed by atoms with van der Waals surface area (Å²) in [4.78, 5) is 22.2. The van der Waals surface area contributed by atoms with Gasteiger partial charge in [0.05, 0.1) is 12.4 Å². The van der Waals surface area contributed by atoms with Crippen molar-refractivity contribution in [2.45, 2.75) is 25.9 Å². The molecule has 0 aliphatic carbocycles. The monoisotopic (exact) mass is 354 g/mol. The number of nitrogens with zero attached hydrogens (tertiary/aromatic N) is 4. The zero-order valence-electron chi connectivity index (χ0n) is 15.3. The van der Waals surface area contributed by atoms with Gasteiger partial charge in [0.15, 0.2) is 5.96 Å². The van der Waals surface area contributed by atoms with Crippen LogP contribution < -0.4 is 11.1 Å². The molecule has 26 heavy (non-hydrogen) atoms. The fraction of sp³-hybridized carbons (Fsp3) is 0.421. The number of imidazole rings is 1. The van der Waals surface area contributed by atoms with E-state index in [9.17, 15) is 4.79 Å². The van der Waals surface area contributed by atoms with Crippen molar-refractivity contribution in [3.05, 3.63) is 54.1 Å². The molecule has 138 valence electrons. The van der Waals surface area contributed by atoms with Crippen LogP contribution in [-0.2, 0) is 6.54 Å². The molecule has 1 fully saturated rings. The number of carbonyl (C=O) groups excluding carboxylic acids is 1. The standard InChI is InChI=1S/C19H26N6O/c1-14-6-8-24(12-17(14)25-9-7-22-13-25)19(21-2)23-11-15-4-3-5-16(10-15)18(20)26/h3-5,7,9-10,13-14,17H,6,8,11-12H2,1-2H3,(H2,20,26)(H,21,23). The third kappa shape index (κ3) is 4.04.